The standard InChI is InChI=1S/C27H27N3O3/c1-18-16-22(19(2)30(18)21-12-4-3-5-13-21)24(31)17-29-25(32)27(28-26(29)33)15-9-8-11-20-10-6-7-14-23(20)27/h3-7,10,12-14,16H,8-9,11,15,17H2,1-2H3,(H,28,33). The number of carbonyl (C=O) groups excluding carboxylic acids is 3. The highest BCUT2D eigenvalue weighted by atomic mass is 16.2. The van der Waals surface area contributed by atoms with Crippen molar-refractivity contribution >= 4 is 17.7 Å². The molecule has 1 N–H and O–H groups in total. The van der Waals surface area contributed by atoms with Crippen LogP contribution in [0.2, 0.25) is 0 Å². The molecule has 1 aromatic heterocycles. The second-order valence-electron chi connectivity index (χ2n) is 8.97. The molecule has 0 radical (unpaired) electrons. The molecule has 6 heteroatoms. The third kappa shape index (κ3) is 3.37. The Hall–Kier alpha value is -3.67. The van der Waals surface area contributed by atoms with E-state index in [9.17, 15) is 14.4 Å². The van der Waals surface area contributed by atoms with Crippen molar-refractivity contribution in [3.63, 3.8) is 0 Å². The molecular formula is C27H27N3O3. The minimum Gasteiger partial charge on any atom is -0.319 e. The van der Waals surface area contributed by atoms with Crippen molar-refractivity contribution < 1.29 is 14.4 Å². The minimum atomic E-state index is -1.08. The quantitative estimate of drug-likeness (QED) is 0.480. The molecule has 3 amide bonds. The number of para-hydroxylation sites is 1. The molecule has 1 aliphatic heterocycles. The summed E-state index contributed by atoms with van der Waals surface area (Å²) in [6.07, 6.45) is 3.22. The third-order valence-corrected chi connectivity index (χ3v) is 6.95. The van der Waals surface area contributed by atoms with Gasteiger partial charge in [-0.3, -0.25) is 14.5 Å². The van der Waals surface area contributed by atoms with Gasteiger partial charge in [-0.15, -0.1) is 0 Å². The number of hydrogen-bond acceptors (Lipinski definition) is 3. The zero-order valence-corrected chi connectivity index (χ0v) is 18.9. The molecule has 0 bridgehead atoms. The average molecular weight is 442 g/mol. The molecule has 3 aromatic rings. The Balaban J connectivity index is 1.45. The largest absolute Gasteiger partial charge is 0.325 e. The van der Waals surface area contributed by atoms with E-state index < -0.39 is 11.6 Å². The average Bonchev–Trinajstić information content (AvgIpc) is 3.15. The first-order valence-corrected chi connectivity index (χ1v) is 11.4. The molecule has 168 valence electrons. The fraction of sp³-hybridized carbons (Fsp3) is 0.296. The summed E-state index contributed by atoms with van der Waals surface area (Å²) in [5, 5.41) is 2.96. The number of imide groups is 1. The zero-order valence-electron chi connectivity index (χ0n) is 18.9. The first-order valence-electron chi connectivity index (χ1n) is 11.4. The lowest BCUT2D eigenvalue weighted by Gasteiger charge is -2.27. The number of ketones is 1. The maximum atomic E-state index is 13.6. The van der Waals surface area contributed by atoms with Crippen LogP contribution in [0.5, 0.6) is 0 Å². The lowest BCUT2D eigenvalue weighted by atomic mass is 9.84. The van der Waals surface area contributed by atoms with E-state index in [0.717, 1.165) is 52.4 Å². The number of benzene rings is 2. The molecule has 0 saturated carbocycles. The van der Waals surface area contributed by atoms with Crippen LogP contribution in [0.4, 0.5) is 4.79 Å². The molecule has 2 heterocycles. The number of aryl methyl sites for hydroxylation is 2. The van der Waals surface area contributed by atoms with Crippen LogP contribution >= 0.6 is 0 Å². The number of amides is 3. The second kappa shape index (κ2) is 8.03. The molecular weight excluding hydrogens is 414 g/mol. The van der Waals surface area contributed by atoms with E-state index in [4.69, 9.17) is 0 Å². The van der Waals surface area contributed by atoms with Crippen molar-refractivity contribution in [1.29, 1.82) is 0 Å². The van der Waals surface area contributed by atoms with Gasteiger partial charge in [-0.25, -0.2) is 4.79 Å². The maximum Gasteiger partial charge on any atom is 0.325 e. The van der Waals surface area contributed by atoms with Gasteiger partial charge in [-0.1, -0.05) is 42.5 Å². The van der Waals surface area contributed by atoms with E-state index in [1.165, 1.54) is 0 Å². The van der Waals surface area contributed by atoms with Gasteiger partial charge in [-0.2, -0.15) is 0 Å². The highest BCUT2D eigenvalue weighted by Crippen LogP contribution is 2.39. The molecule has 6 nitrogen and oxygen atoms in total. The molecule has 1 saturated heterocycles. The second-order valence-corrected chi connectivity index (χ2v) is 8.97. The van der Waals surface area contributed by atoms with Gasteiger partial charge in [-0.05, 0) is 68.9 Å². The minimum absolute atomic E-state index is 0.243. The Morgan fingerprint density at radius 2 is 1.73 bits per heavy atom. The van der Waals surface area contributed by atoms with Gasteiger partial charge in [0.1, 0.15) is 5.54 Å². The van der Waals surface area contributed by atoms with E-state index in [1.807, 2.05) is 79.1 Å². The lowest BCUT2D eigenvalue weighted by Crippen LogP contribution is -2.44. The molecule has 5 rings (SSSR count). The summed E-state index contributed by atoms with van der Waals surface area (Å²) in [6, 6.07) is 19.0. The van der Waals surface area contributed by atoms with Crippen LogP contribution in [0.25, 0.3) is 5.69 Å². The van der Waals surface area contributed by atoms with Crippen molar-refractivity contribution in [2.45, 2.75) is 45.1 Å². The molecule has 1 atom stereocenters. The van der Waals surface area contributed by atoms with Gasteiger partial charge in [0.25, 0.3) is 5.91 Å². The number of hydrogen-bond donors (Lipinski definition) is 1. The highest BCUT2D eigenvalue weighted by Gasteiger charge is 2.53. The first kappa shape index (κ1) is 21.2. The van der Waals surface area contributed by atoms with Gasteiger partial charge >= 0.3 is 6.03 Å². The Morgan fingerprint density at radius 1 is 1.00 bits per heavy atom. The van der Waals surface area contributed by atoms with Crippen molar-refractivity contribution in [3.8, 4) is 5.69 Å². The van der Waals surface area contributed by atoms with Crippen molar-refractivity contribution in [3.05, 3.63) is 88.7 Å². The van der Waals surface area contributed by atoms with Gasteiger partial charge < -0.3 is 9.88 Å². The first-order chi connectivity index (χ1) is 15.9. The normalized spacial score (nSPS) is 20.0. The summed E-state index contributed by atoms with van der Waals surface area (Å²) in [5.41, 5.74) is 4.08. The van der Waals surface area contributed by atoms with Crippen LogP contribution in [-0.4, -0.2) is 33.7 Å². The van der Waals surface area contributed by atoms with Crippen molar-refractivity contribution in [2.75, 3.05) is 6.54 Å². The number of fused-ring (bicyclic) bond motifs is 2. The number of urea groups is 1. The van der Waals surface area contributed by atoms with Gasteiger partial charge in [0.05, 0.1) is 6.54 Å². The smallest absolute Gasteiger partial charge is 0.319 e. The number of nitrogens with zero attached hydrogens (tertiary/aromatic N) is 2. The number of Topliss-reactive ketones (excluding diaryl/α,β-unsaturated/α-hetero) is 1. The van der Waals surface area contributed by atoms with Crippen LogP contribution < -0.4 is 5.32 Å². The number of rotatable bonds is 4. The number of nitrogens with one attached hydrogen (secondary N) is 1. The maximum absolute atomic E-state index is 13.6. The van der Waals surface area contributed by atoms with Gasteiger partial charge in [0.15, 0.2) is 5.78 Å². The molecule has 1 aliphatic carbocycles. The Labute approximate surface area is 193 Å². The van der Waals surface area contributed by atoms with Crippen LogP contribution in [0.1, 0.15) is 52.1 Å². The molecule has 33 heavy (non-hydrogen) atoms. The molecule has 2 aliphatic rings. The monoisotopic (exact) mass is 441 g/mol. The molecule has 1 unspecified atom stereocenters. The van der Waals surface area contributed by atoms with Crippen molar-refractivity contribution in [2.24, 2.45) is 0 Å². The summed E-state index contributed by atoms with van der Waals surface area (Å²) in [5.74, 6) is -0.570. The molecule has 1 fully saturated rings. The van der Waals surface area contributed by atoms with Crippen LogP contribution in [0, 0.1) is 13.8 Å². The number of aromatic nitrogens is 1. The summed E-state index contributed by atoms with van der Waals surface area (Å²) in [6.45, 7) is 3.57. The summed E-state index contributed by atoms with van der Waals surface area (Å²) < 4.78 is 2.02. The van der Waals surface area contributed by atoms with Crippen LogP contribution in [0.15, 0.2) is 60.7 Å². The predicted octanol–water partition coefficient (Wildman–Crippen LogP) is 4.45. The van der Waals surface area contributed by atoms with E-state index in [-0.39, 0.29) is 18.2 Å². The Kier molecular flexibility index (Phi) is 5.16. The summed E-state index contributed by atoms with van der Waals surface area (Å²) in [7, 11) is 0. The summed E-state index contributed by atoms with van der Waals surface area (Å²) in [4.78, 5) is 41.0. The van der Waals surface area contributed by atoms with Crippen molar-refractivity contribution in [1.82, 2.24) is 14.8 Å². The van der Waals surface area contributed by atoms with Crippen LogP contribution in [-0.2, 0) is 16.8 Å². The topological polar surface area (TPSA) is 71.4 Å². The highest BCUT2D eigenvalue weighted by molar-refractivity contribution is 6.11. The van der Waals surface area contributed by atoms with E-state index in [0.29, 0.717) is 12.0 Å². The van der Waals surface area contributed by atoms with Gasteiger partial charge in [0.2, 0.25) is 0 Å². The Morgan fingerprint density at radius 3 is 2.52 bits per heavy atom. The van der Waals surface area contributed by atoms with Crippen LogP contribution in [0.3, 0.4) is 0 Å². The third-order valence-electron chi connectivity index (χ3n) is 6.95. The predicted molar refractivity (Wildman–Crippen MR) is 125 cm³/mol. The number of carbonyl (C=O) groups is 3. The van der Waals surface area contributed by atoms with E-state index in [1.54, 1.807) is 0 Å². The summed E-state index contributed by atoms with van der Waals surface area (Å²) >= 11 is 0. The molecule has 2 aromatic carbocycles. The Bertz CT molecular complexity index is 1260. The fourth-order valence-corrected chi connectivity index (χ4v) is 5.36. The van der Waals surface area contributed by atoms with E-state index in [2.05, 4.69) is 5.32 Å². The lowest BCUT2D eigenvalue weighted by molar-refractivity contribution is -0.131. The zero-order chi connectivity index (χ0) is 23.2. The van der Waals surface area contributed by atoms with E-state index >= 15 is 0 Å². The molecule has 1 spiro atoms. The fourth-order valence-electron chi connectivity index (χ4n) is 5.36. The van der Waals surface area contributed by atoms with Gasteiger partial charge in [0, 0.05) is 22.6 Å². The SMILES string of the molecule is Cc1cc(C(=O)CN2C(=O)NC3(CCCCc4ccccc43)C2=O)c(C)n1-c1ccccc1.